The number of amides is 3. The number of hydrogen-bond acceptors (Lipinski definition) is 3. The van der Waals surface area contributed by atoms with Crippen molar-refractivity contribution in [2.75, 3.05) is 20.1 Å². The van der Waals surface area contributed by atoms with Gasteiger partial charge in [0, 0.05) is 38.0 Å². The van der Waals surface area contributed by atoms with E-state index >= 15 is 0 Å². The van der Waals surface area contributed by atoms with Crippen molar-refractivity contribution >= 4 is 11.9 Å². The van der Waals surface area contributed by atoms with Crippen molar-refractivity contribution < 1.29 is 40.7 Å². The van der Waals surface area contributed by atoms with Crippen LogP contribution in [0.2, 0.25) is 0 Å². The van der Waals surface area contributed by atoms with Crippen LogP contribution in [-0.2, 0) is 21.9 Å². The summed E-state index contributed by atoms with van der Waals surface area (Å²) < 4.78 is 86.8. The predicted octanol–water partition coefficient (Wildman–Crippen LogP) is 6.67. The third-order valence-corrected chi connectivity index (χ3v) is 8.19. The highest BCUT2D eigenvalue weighted by molar-refractivity contribution is 5.79. The smallest absolute Gasteiger partial charge is 0.370 e. The quantitative estimate of drug-likeness (QED) is 0.365. The van der Waals surface area contributed by atoms with E-state index in [0.29, 0.717) is 57.3 Å². The maximum Gasteiger partial charge on any atom is 0.416 e. The highest BCUT2D eigenvalue weighted by Crippen LogP contribution is 2.40. The van der Waals surface area contributed by atoms with Gasteiger partial charge in [-0.3, -0.25) is 4.79 Å². The third-order valence-electron chi connectivity index (χ3n) is 8.19. The Labute approximate surface area is 240 Å². The van der Waals surface area contributed by atoms with Gasteiger partial charge >= 0.3 is 18.4 Å². The largest absolute Gasteiger partial charge is 0.416 e. The number of alkyl halides is 6. The Hall–Kier alpha value is -3.28. The molecule has 2 aliphatic rings. The Morgan fingerprint density at radius 1 is 0.905 bits per heavy atom. The lowest BCUT2D eigenvalue weighted by molar-refractivity contribution is -0.143. The number of piperidine rings is 1. The van der Waals surface area contributed by atoms with Gasteiger partial charge in [0.15, 0.2) is 0 Å². The molecule has 0 radical (unpaired) electrons. The molecule has 0 aromatic heterocycles. The molecule has 2 aromatic rings. The van der Waals surface area contributed by atoms with Crippen molar-refractivity contribution in [1.82, 2.24) is 15.5 Å². The lowest BCUT2D eigenvalue weighted by Gasteiger charge is -2.41. The van der Waals surface area contributed by atoms with Gasteiger partial charge in [-0.05, 0) is 68.4 Å². The Kier molecular flexibility index (Phi) is 9.74. The van der Waals surface area contributed by atoms with E-state index in [-0.39, 0.29) is 41.4 Å². The van der Waals surface area contributed by atoms with Crippen LogP contribution in [0, 0.1) is 5.92 Å². The van der Waals surface area contributed by atoms with Crippen molar-refractivity contribution in [2.24, 2.45) is 5.92 Å². The molecule has 1 aliphatic heterocycles. The van der Waals surface area contributed by atoms with Crippen molar-refractivity contribution in [2.45, 2.75) is 75.5 Å². The zero-order valence-corrected chi connectivity index (χ0v) is 23.4. The first-order valence-electron chi connectivity index (χ1n) is 14.0. The molecule has 0 unspecified atom stereocenters. The fourth-order valence-corrected chi connectivity index (χ4v) is 5.87. The minimum atomic E-state index is -4.95. The maximum absolute atomic E-state index is 13.5. The number of carbonyl (C=O) groups excluding carboxylic acids is 2. The molecule has 3 atom stereocenters. The highest BCUT2D eigenvalue weighted by atomic mass is 19.4. The number of nitrogens with one attached hydrogen (secondary N) is 2. The second kappa shape index (κ2) is 12.9. The summed E-state index contributed by atoms with van der Waals surface area (Å²) in [5.74, 6) is -0.509. The van der Waals surface area contributed by atoms with Gasteiger partial charge in [-0.1, -0.05) is 30.3 Å². The Morgan fingerprint density at radius 2 is 1.50 bits per heavy atom. The number of benzene rings is 2. The zero-order chi connectivity index (χ0) is 30.7. The summed E-state index contributed by atoms with van der Waals surface area (Å²) >= 11 is 0. The summed E-state index contributed by atoms with van der Waals surface area (Å²) in [6.07, 6.45) is -8.51. The minimum absolute atomic E-state index is 0.000371. The molecule has 230 valence electrons. The normalized spacial score (nSPS) is 24.1. The van der Waals surface area contributed by atoms with Crippen LogP contribution in [-0.4, -0.2) is 49.1 Å². The van der Waals surface area contributed by atoms with E-state index < -0.39 is 35.7 Å². The van der Waals surface area contributed by atoms with Crippen LogP contribution in [0.15, 0.2) is 48.5 Å². The topological polar surface area (TPSA) is 70.7 Å². The summed E-state index contributed by atoms with van der Waals surface area (Å²) in [6.45, 7) is 2.11. The average Bonchev–Trinajstić information content (AvgIpc) is 2.96. The highest BCUT2D eigenvalue weighted by Gasteiger charge is 2.40. The minimum Gasteiger partial charge on any atom is -0.370 e. The van der Waals surface area contributed by atoms with Gasteiger partial charge in [0.25, 0.3) is 0 Å². The van der Waals surface area contributed by atoms with Crippen LogP contribution in [0.25, 0.3) is 0 Å². The fourth-order valence-electron chi connectivity index (χ4n) is 5.87. The molecule has 42 heavy (non-hydrogen) atoms. The monoisotopic (exact) mass is 599 g/mol. The van der Waals surface area contributed by atoms with Crippen LogP contribution >= 0.6 is 0 Å². The number of hydrogen-bond donors (Lipinski definition) is 2. The van der Waals surface area contributed by atoms with Crippen LogP contribution in [0.4, 0.5) is 31.1 Å². The van der Waals surface area contributed by atoms with E-state index in [0.717, 1.165) is 5.56 Å². The number of likely N-dealkylation sites (tertiary alicyclic amines) is 1. The molecule has 1 saturated heterocycles. The van der Waals surface area contributed by atoms with E-state index in [1.165, 1.54) is 6.92 Å². The Balaban J connectivity index is 1.50. The lowest BCUT2D eigenvalue weighted by atomic mass is 9.83. The van der Waals surface area contributed by atoms with E-state index in [9.17, 15) is 35.9 Å². The van der Waals surface area contributed by atoms with Crippen LogP contribution in [0.5, 0.6) is 0 Å². The average molecular weight is 600 g/mol. The first kappa shape index (κ1) is 31.7. The number of rotatable bonds is 6. The van der Waals surface area contributed by atoms with E-state index in [4.69, 9.17) is 4.74 Å². The fraction of sp³-hybridized carbons (Fsp3) is 0.533. The molecule has 1 saturated carbocycles. The Morgan fingerprint density at radius 3 is 2.05 bits per heavy atom. The summed E-state index contributed by atoms with van der Waals surface area (Å²) in [5, 5.41) is 5.41. The van der Waals surface area contributed by atoms with Gasteiger partial charge in [-0.25, -0.2) is 4.79 Å². The van der Waals surface area contributed by atoms with Gasteiger partial charge in [0.05, 0.1) is 23.3 Å². The number of carbonyl (C=O) groups is 2. The van der Waals surface area contributed by atoms with E-state index in [1.807, 2.05) is 30.3 Å². The number of ether oxygens (including phenoxy) is 1. The maximum atomic E-state index is 13.5. The summed E-state index contributed by atoms with van der Waals surface area (Å²) in [7, 11) is 1.54. The van der Waals surface area contributed by atoms with Gasteiger partial charge < -0.3 is 20.3 Å². The standard InChI is InChI=1S/C30H35F6N3O3/c1-18(21-14-22(29(31,32)33)16-23(15-21)30(34,35)36)42-26-12-13-39(17-25(26)19-6-4-3-5-7-19)27(40)20-8-10-24(11-9-20)38-28(41)37-2/h3-7,14-16,18,20,24-26H,8-13,17H2,1-2H3,(H2,37,38,41)/t18-,20-,24-,25+,26+/m1/s1. The SMILES string of the molecule is CNC(=O)N[C@H]1CC[C@H](C(=O)N2CC[C@H](O[C@H](C)c3cc(C(F)(F)F)cc(C(F)(F)F)c3)[C@H](c3ccccc3)C2)CC1. The molecule has 1 aliphatic carbocycles. The van der Waals surface area contributed by atoms with Gasteiger partial charge in [-0.15, -0.1) is 0 Å². The summed E-state index contributed by atoms with van der Waals surface area (Å²) in [4.78, 5) is 26.9. The van der Waals surface area contributed by atoms with Crippen molar-refractivity contribution in [1.29, 1.82) is 0 Å². The van der Waals surface area contributed by atoms with Gasteiger partial charge in [-0.2, -0.15) is 26.3 Å². The molecule has 1 heterocycles. The van der Waals surface area contributed by atoms with Crippen LogP contribution < -0.4 is 10.6 Å². The third kappa shape index (κ3) is 7.76. The molecule has 2 aromatic carbocycles. The molecule has 0 bridgehead atoms. The first-order valence-corrected chi connectivity index (χ1v) is 14.0. The van der Waals surface area contributed by atoms with E-state index in [2.05, 4.69) is 10.6 Å². The van der Waals surface area contributed by atoms with Gasteiger partial charge in [0.1, 0.15) is 0 Å². The molecule has 4 rings (SSSR count). The lowest BCUT2D eigenvalue weighted by Crippen LogP contribution is -2.49. The van der Waals surface area contributed by atoms with Crippen molar-refractivity contribution in [3.05, 3.63) is 70.8 Å². The second-order valence-corrected chi connectivity index (χ2v) is 11.0. The number of halogens is 6. The van der Waals surface area contributed by atoms with Gasteiger partial charge in [0.2, 0.25) is 5.91 Å². The molecular formula is C30H35F6N3O3. The van der Waals surface area contributed by atoms with Crippen LogP contribution in [0.3, 0.4) is 0 Å². The Bertz CT molecular complexity index is 1200. The molecule has 6 nitrogen and oxygen atoms in total. The second-order valence-electron chi connectivity index (χ2n) is 11.0. The molecular weight excluding hydrogens is 564 g/mol. The molecule has 0 spiro atoms. The van der Waals surface area contributed by atoms with Crippen molar-refractivity contribution in [3.8, 4) is 0 Å². The molecule has 2 fully saturated rings. The van der Waals surface area contributed by atoms with Crippen LogP contribution in [0.1, 0.15) is 73.3 Å². The molecule has 3 amide bonds. The summed E-state index contributed by atoms with van der Waals surface area (Å²) in [5.41, 5.74) is -2.12. The zero-order valence-electron chi connectivity index (χ0n) is 23.4. The predicted molar refractivity (Wildman–Crippen MR) is 143 cm³/mol. The van der Waals surface area contributed by atoms with Crippen molar-refractivity contribution in [3.63, 3.8) is 0 Å². The molecule has 12 heteroatoms. The number of nitrogens with zero attached hydrogens (tertiary/aromatic N) is 1. The molecule has 2 N–H and O–H groups in total. The summed E-state index contributed by atoms with van der Waals surface area (Å²) in [6, 6.07) is 10.5. The number of urea groups is 1. The first-order chi connectivity index (χ1) is 19.8. The van der Waals surface area contributed by atoms with E-state index in [1.54, 1.807) is 11.9 Å².